The SMILES string of the molecule is Cc1ccc(Cl)cc1NC(=O)N[C@@H]1CCCN(S(C)(=O)=O)C1. The molecule has 1 aromatic rings. The van der Waals surface area contributed by atoms with Crippen LogP contribution in [-0.2, 0) is 10.0 Å². The van der Waals surface area contributed by atoms with Crippen molar-refractivity contribution in [2.45, 2.75) is 25.8 Å². The van der Waals surface area contributed by atoms with Crippen molar-refractivity contribution in [2.24, 2.45) is 0 Å². The summed E-state index contributed by atoms with van der Waals surface area (Å²) < 4.78 is 24.5. The molecular formula is C14H20ClN3O3S. The molecule has 2 amide bonds. The zero-order valence-electron chi connectivity index (χ0n) is 12.6. The molecule has 1 atom stereocenters. The fraction of sp³-hybridized carbons (Fsp3) is 0.500. The number of carbonyl (C=O) groups excluding carboxylic acids is 1. The minimum Gasteiger partial charge on any atom is -0.334 e. The molecule has 1 heterocycles. The average molecular weight is 346 g/mol. The number of piperidine rings is 1. The van der Waals surface area contributed by atoms with E-state index in [4.69, 9.17) is 11.6 Å². The van der Waals surface area contributed by atoms with E-state index in [0.717, 1.165) is 18.4 Å². The fourth-order valence-corrected chi connectivity index (χ4v) is 3.52. The molecule has 1 aliphatic rings. The largest absolute Gasteiger partial charge is 0.334 e. The fourth-order valence-electron chi connectivity index (χ4n) is 2.43. The van der Waals surface area contributed by atoms with Crippen LogP contribution in [0.2, 0.25) is 5.02 Å². The normalized spacial score (nSPS) is 19.7. The summed E-state index contributed by atoms with van der Waals surface area (Å²) in [4.78, 5) is 12.1. The van der Waals surface area contributed by atoms with Gasteiger partial charge in [0.1, 0.15) is 0 Å². The third-order valence-corrected chi connectivity index (χ3v) is 5.14. The molecule has 2 rings (SSSR count). The van der Waals surface area contributed by atoms with Gasteiger partial charge in [-0.2, -0.15) is 0 Å². The van der Waals surface area contributed by atoms with Crippen molar-refractivity contribution in [3.8, 4) is 0 Å². The van der Waals surface area contributed by atoms with Gasteiger partial charge >= 0.3 is 6.03 Å². The number of nitrogens with one attached hydrogen (secondary N) is 2. The molecule has 0 saturated carbocycles. The molecule has 0 aliphatic carbocycles. The highest BCUT2D eigenvalue weighted by Gasteiger charge is 2.26. The summed E-state index contributed by atoms with van der Waals surface area (Å²) >= 11 is 5.92. The lowest BCUT2D eigenvalue weighted by atomic mass is 10.1. The molecular weight excluding hydrogens is 326 g/mol. The van der Waals surface area contributed by atoms with Gasteiger partial charge in [-0.25, -0.2) is 17.5 Å². The first-order valence-corrected chi connectivity index (χ1v) is 9.27. The summed E-state index contributed by atoms with van der Waals surface area (Å²) in [6.45, 7) is 2.69. The first-order chi connectivity index (χ1) is 10.3. The summed E-state index contributed by atoms with van der Waals surface area (Å²) in [6.07, 6.45) is 2.67. The highest BCUT2D eigenvalue weighted by Crippen LogP contribution is 2.20. The summed E-state index contributed by atoms with van der Waals surface area (Å²) in [7, 11) is -3.22. The van der Waals surface area contributed by atoms with Crippen LogP contribution < -0.4 is 10.6 Å². The number of halogens is 1. The molecule has 2 N–H and O–H groups in total. The topological polar surface area (TPSA) is 78.5 Å². The molecule has 8 heteroatoms. The molecule has 1 aliphatic heterocycles. The van der Waals surface area contributed by atoms with E-state index in [-0.39, 0.29) is 12.1 Å². The van der Waals surface area contributed by atoms with Crippen LogP contribution in [0.1, 0.15) is 18.4 Å². The first kappa shape index (κ1) is 17.1. The smallest absolute Gasteiger partial charge is 0.319 e. The van der Waals surface area contributed by atoms with E-state index in [1.54, 1.807) is 12.1 Å². The Balaban J connectivity index is 1.96. The summed E-state index contributed by atoms with van der Waals surface area (Å²) in [5.41, 5.74) is 1.54. The van der Waals surface area contributed by atoms with Gasteiger partial charge in [-0.15, -0.1) is 0 Å². The van der Waals surface area contributed by atoms with Crippen LogP contribution in [0.15, 0.2) is 18.2 Å². The Kier molecular flexibility index (Phi) is 5.31. The van der Waals surface area contributed by atoms with Crippen molar-refractivity contribution in [3.63, 3.8) is 0 Å². The Bertz CT molecular complexity index is 663. The van der Waals surface area contributed by atoms with Crippen LogP contribution >= 0.6 is 11.6 Å². The summed E-state index contributed by atoms with van der Waals surface area (Å²) in [5, 5.41) is 6.11. The zero-order valence-corrected chi connectivity index (χ0v) is 14.2. The van der Waals surface area contributed by atoms with Crippen LogP contribution in [0.25, 0.3) is 0 Å². The Labute approximate surface area is 135 Å². The van der Waals surface area contributed by atoms with E-state index < -0.39 is 10.0 Å². The number of sulfonamides is 1. The zero-order chi connectivity index (χ0) is 16.3. The Morgan fingerprint density at radius 2 is 2.14 bits per heavy atom. The number of amides is 2. The van der Waals surface area contributed by atoms with E-state index in [1.165, 1.54) is 10.6 Å². The van der Waals surface area contributed by atoms with Crippen molar-refractivity contribution in [2.75, 3.05) is 24.7 Å². The predicted octanol–water partition coefficient (Wildman–Crippen LogP) is 2.19. The van der Waals surface area contributed by atoms with Crippen molar-refractivity contribution in [1.82, 2.24) is 9.62 Å². The minimum absolute atomic E-state index is 0.192. The van der Waals surface area contributed by atoms with Crippen molar-refractivity contribution in [3.05, 3.63) is 28.8 Å². The number of urea groups is 1. The lowest BCUT2D eigenvalue weighted by molar-refractivity contribution is 0.236. The van der Waals surface area contributed by atoms with Crippen molar-refractivity contribution >= 4 is 33.3 Å². The molecule has 0 unspecified atom stereocenters. The standard InChI is InChI=1S/C14H20ClN3O3S/c1-10-5-6-11(15)8-13(10)17-14(19)16-12-4-3-7-18(9-12)22(2,20)21/h5-6,8,12H,3-4,7,9H2,1-2H3,(H2,16,17,19)/t12-/m1/s1. The second-order valence-electron chi connectivity index (χ2n) is 5.52. The monoisotopic (exact) mass is 345 g/mol. The molecule has 1 fully saturated rings. The number of nitrogens with zero attached hydrogens (tertiary/aromatic N) is 1. The van der Waals surface area contributed by atoms with Gasteiger partial charge in [0, 0.05) is 29.8 Å². The molecule has 0 aromatic heterocycles. The maximum atomic E-state index is 12.1. The van der Waals surface area contributed by atoms with Gasteiger partial charge in [0.2, 0.25) is 10.0 Å². The Morgan fingerprint density at radius 3 is 2.82 bits per heavy atom. The summed E-state index contributed by atoms with van der Waals surface area (Å²) in [6, 6.07) is 4.71. The van der Waals surface area contributed by atoms with E-state index in [9.17, 15) is 13.2 Å². The number of hydrogen-bond acceptors (Lipinski definition) is 3. The van der Waals surface area contributed by atoms with E-state index >= 15 is 0 Å². The van der Waals surface area contributed by atoms with E-state index in [1.807, 2.05) is 13.0 Å². The highest BCUT2D eigenvalue weighted by molar-refractivity contribution is 7.88. The minimum atomic E-state index is -3.22. The number of anilines is 1. The third-order valence-electron chi connectivity index (χ3n) is 3.64. The Hall–Kier alpha value is -1.31. The van der Waals surface area contributed by atoms with Crippen LogP contribution in [0, 0.1) is 6.92 Å². The molecule has 122 valence electrons. The van der Waals surface area contributed by atoms with Crippen LogP contribution in [-0.4, -0.2) is 44.1 Å². The molecule has 1 saturated heterocycles. The Morgan fingerprint density at radius 1 is 1.41 bits per heavy atom. The number of benzene rings is 1. The number of hydrogen-bond donors (Lipinski definition) is 2. The second kappa shape index (κ2) is 6.85. The lowest BCUT2D eigenvalue weighted by Crippen LogP contribution is -2.50. The van der Waals surface area contributed by atoms with Gasteiger partial charge in [-0.3, -0.25) is 0 Å². The van der Waals surface area contributed by atoms with Gasteiger partial charge in [0.15, 0.2) is 0 Å². The number of rotatable bonds is 3. The van der Waals surface area contributed by atoms with Crippen LogP contribution in [0.4, 0.5) is 10.5 Å². The molecule has 6 nitrogen and oxygen atoms in total. The number of carbonyl (C=O) groups is 1. The van der Waals surface area contributed by atoms with E-state index in [0.29, 0.717) is 23.8 Å². The lowest BCUT2D eigenvalue weighted by Gasteiger charge is -2.31. The van der Waals surface area contributed by atoms with Gasteiger partial charge in [-0.1, -0.05) is 17.7 Å². The average Bonchev–Trinajstić information content (AvgIpc) is 2.42. The van der Waals surface area contributed by atoms with Crippen molar-refractivity contribution in [1.29, 1.82) is 0 Å². The molecule has 0 radical (unpaired) electrons. The molecule has 0 spiro atoms. The quantitative estimate of drug-likeness (QED) is 0.881. The van der Waals surface area contributed by atoms with Crippen LogP contribution in [0.5, 0.6) is 0 Å². The molecule has 22 heavy (non-hydrogen) atoms. The summed E-state index contributed by atoms with van der Waals surface area (Å²) in [5.74, 6) is 0. The maximum Gasteiger partial charge on any atom is 0.319 e. The predicted molar refractivity (Wildman–Crippen MR) is 87.8 cm³/mol. The van der Waals surface area contributed by atoms with Crippen molar-refractivity contribution < 1.29 is 13.2 Å². The van der Waals surface area contributed by atoms with E-state index in [2.05, 4.69) is 10.6 Å². The van der Waals surface area contributed by atoms with Gasteiger partial charge in [-0.05, 0) is 37.5 Å². The molecule has 0 bridgehead atoms. The number of aryl methyl sites for hydroxylation is 1. The first-order valence-electron chi connectivity index (χ1n) is 7.04. The maximum absolute atomic E-state index is 12.1. The molecule has 1 aromatic carbocycles. The van der Waals surface area contributed by atoms with Gasteiger partial charge in [0.05, 0.1) is 6.26 Å². The van der Waals surface area contributed by atoms with Gasteiger partial charge in [0.25, 0.3) is 0 Å². The van der Waals surface area contributed by atoms with Crippen LogP contribution in [0.3, 0.4) is 0 Å². The third kappa shape index (κ3) is 4.59. The second-order valence-corrected chi connectivity index (χ2v) is 7.94. The van der Waals surface area contributed by atoms with Gasteiger partial charge < -0.3 is 10.6 Å². The highest BCUT2D eigenvalue weighted by atomic mass is 35.5.